The van der Waals surface area contributed by atoms with Crippen molar-refractivity contribution in [2.45, 2.75) is 12.5 Å². The Morgan fingerprint density at radius 3 is 2.73 bits per heavy atom. The zero-order chi connectivity index (χ0) is 20.6. The number of anilines is 2. The van der Waals surface area contributed by atoms with Crippen LogP contribution < -0.4 is 25.6 Å². The predicted molar refractivity (Wildman–Crippen MR) is 134 cm³/mol. The third-order valence-corrected chi connectivity index (χ3v) is 4.94. The molecule has 1 amide bonds. The summed E-state index contributed by atoms with van der Waals surface area (Å²) in [6.45, 7) is 1.79. The molecule has 1 fully saturated rings. The maximum atomic E-state index is 12.1. The minimum absolute atomic E-state index is 0. The van der Waals surface area contributed by atoms with Crippen molar-refractivity contribution in [3.63, 3.8) is 0 Å². The Morgan fingerprint density at radius 2 is 2.03 bits per heavy atom. The Kier molecular flexibility index (Phi) is 9.51. The molecule has 1 unspecified atom stereocenters. The molecule has 7 nitrogen and oxygen atoms in total. The number of methoxy groups -OCH3 is 1. The second-order valence-electron chi connectivity index (χ2n) is 6.73. The predicted octanol–water partition coefficient (Wildman–Crippen LogP) is 3.35. The molecule has 0 saturated carbocycles. The molecule has 30 heavy (non-hydrogen) atoms. The van der Waals surface area contributed by atoms with E-state index >= 15 is 0 Å². The van der Waals surface area contributed by atoms with E-state index in [1.165, 1.54) is 0 Å². The topological polar surface area (TPSA) is 78.0 Å². The van der Waals surface area contributed by atoms with Gasteiger partial charge in [-0.3, -0.25) is 9.79 Å². The first-order chi connectivity index (χ1) is 14.1. The molecular weight excluding hydrogens is 517 g/mol. The van der Waals surface area contributed by atoms with Crippen molar-refractivity contribution < 1.29 is 9.53 Å². The fourth-order valence-corrected chi connectivity index (χ4v) is 3.45. The molecule has 3 N–H and O–H groups in total. The van der Waals surface area contributed by atoms with E-state index in [2.05, 4.69) is 25.8 Å². The Balaban J connectivity index is 0.00000320. The van der Waals surface area contributed by atoms with E-state index in [4.69, 9.17) is 16.3 Å². The van der Waals surface area contributed by atoms with Gasteiger partial charge in [-0.1, -0.05) is 29.8 Å². The van der Waals surface area contributed by atoms with Crippen molar-refractivity contribution in [2.75, 3.05) is 44.0 Å². The molecular formula is C21H27ClIN5O2. The molecule has 9 heteroatoms. The number of carbonyl (C=O) groups excluding carboxylic acids is 1. The highest BCUT2D eigenvalue weighted by molar-refractivity contribution is 14.0. The summed E-state index contributed by atoms with van der Waals surface area (Å²) in [6.07, 6.45) is 0.937. The van der Waals surface area contributed by atoms with Crippen LogP contribution in [0.4, 0.5) is 11.4 Å². The van der Waals surface area contributed by atoms with E-state index in [0.717, 1.165) is 36.6 Å². The van der Waals surface area contributed by atoms with Gasteiger partial charge < -0.3 is 25.6 Å². The number of hydrogen-bond donors (Lipinski definition) is 3. The van der Waals surface area contributed by atoms with Gasteiger partial charge in [0.05, 0.1) is 19.3 Å². The Labute approximate surface area is 199 Å². The molecule has 1 heterocycles. The molecule has 2 aromatic rings. The first kappa shape index (κ1) is 24.1. The van der Waals surface area contributed by atoms with Gasteiger partial charge in [-0.2, -0.15) is 0 Å². The number of amides is 1. The van der Waals surface area contributed by atoms with Gasteiger partial charge >= 0.3 is 0 Å². The van der Waals surface area contributed by atoms with Gasteiger partial charge in [0.25, 0.3) is 0 Å². The van der Waals surface area contributed by atoms with Crippen molar-refractivity contribution in [2.24, 2.45) is 4.99 Å². The number of hydrogen-bond acceptors (Lipinski definition) is 4. The largest absolute Gasteiger partial charge is 0.495 e. The average molecular weight is 544 g/mol. The van der Waals surface area contributed by atoms with Crippen LogP contribution in [0.15, 0.2) is 53.5 Å². The van der Waals surface area contributed by atoms with Crippen LogP contribution >= 0.6 is 35.6 Å². The van der Waals surface area contributed by atoms with Gasteiger partial charge in [0.1, 0.15) is 5.75 Å². The van der Waals surface area contributed by atoms with Crippen LogP contribution in [0.1, 0.15) is 6.42 Å². The highest BCUT2D eigenvalue weighted by atomic mass is 127. The van der Waals surface area contributed by atoms with Gasteiger partial charge in [-0.05, 0) is 36.8 Å². The number of benzene rings is 2. The van der Waals surface area contributed by atoms with Gasteiger partial charge in [-0.25, -0.2) is 0 Å². The lowest BCUT2D eigenvalue weighted by molar-refractivity contribution is -0.115. The van der Waals surface area contributed by atoms with Crippen molar-refractivity contribution >= 4 is 58.8 Å². The van der Waals surface area contributed by atoms with E-state index in [0.29, 0.717) is 11.0 Å². The van der Waals surface area contributed by atoms with Crippen LogP contribution in [-0.2, 0) is 4.79 Å². The fraction of sp³-hybridized carbons (Fsp3) is 0.333. The smallest absolute Gasteiger partial charge is 0.243 e. The number of rotatable bonds is 6. The summed E-state index contributed by atoms with van der Waals surface area (Å²) >= 11 is 6.16. The number of para-hydroxylation sites is 1. The molecule has 1 saturated heterocycles. The normalized spacial score (nSPS) is 15.9. The third kappa shape index (κ3) is 6.66. The van der Waals surface area contributed by atoms with Crippen LogP contribution in [0.5, 0.6) is 5.75 Å². The number of nitrogens with zero attached hydrogens (tertiary/aromatic N) is 2. The van der Waals surface area contributed by atoms with Crippen molar-refractivity contribution in [3.05, 3.63) is 53.6 Å². The summed E-state index contributed by atoms with van der Waals surface area (Å²) in [5.74, 6) is 1.27. The zero-order valence-electron chi connectivity index (χ0n) is 17.0. The van der Waals surface area contributed by atoms with Gasteiger partial charge in [0.15, 0.2) is 5.96 Å². The lowest BCUT2D eigenvalue weighted by Gasteiger charge is -2.22. The molecule has 1 atom stereocenters. The summed E-state index contributed by atoms with van der Waals surface area (Å²) < 4.78 is 5.46. The molecule has 0 aromatic heterocycles. The monoisotopic (exact) mass is 543 g/mol. The number of halogens is 2. The number of ether oxygens (including phenoxy) is 1. The first-order valence-corrected chi connectivity index (χ1v) is 9.87. The summed E-state index contributed by atoms with van der Waals surface area (Å²) in [7, 11) is 3.35. The average Bonchev–Trinajstić information content (AvgIpc) is 3.20. The Bertz CT molecular complexity index is 866. The molecule has 162 valence electrons. The SMILES string of the molecule is CN=C(NCC(=O)Nc1ccccc1)NC1CCN(c2cc(Cl)ccc2OC)C1.I. The molecule has 1 aliphatic rings. The maximum absolute atomic E-state index is 12.1. The molecule has 3 rings (SSSR count). The van der Waals surface area contributed by atoms with Crippen LogP contribution in [0.25, 0.3) is 0 Å². The lowest BCUT2D eigenvalue weighted by Crippen LogP contribution is -2.46. The first-order valence-electron chi connectivity index (χ1n) is 9.49. The molecule has 0 radical (unpaired) electrons. The van der Waals surface area contributed by atoms with Gasteiger partial charge in [-0.15, -0.1) is 24.0 Å². The van der Waals surface area contributed by atoms with Gasteiger partial charge in [0.2, 0.25) is 5.91 Å². The Morgan fingerprint density at radius 1 is 1.27 bits per heavy atom. The maximum Gasteiger partial charge on any atom is 0.243 e. The molecule has 0 aliphatic carbocycles. The van der Waals surface area contributed by atoms with Crippen LogP contribution in [0.3, 0.4) is 0 Å². The van der Waals surface area contributed by atoms with Crippen molar-refractivity contribution in [3.8, 4) is 5.75 Å². The highest BCUT2D eigenvalue weighted by Crippen LogP contribution is 2.33. The van der Waals surface area contributed by atoms with E-state index < -0.39 is 0 Å². The quantitative estimate of drug-likeness (QED) is 0.296. The lowest BCUT2D eigenvalue weighted by atomic mass is 10.2. The third-order valence-electron chi connectivity index (χ3n) is 4.71. The van der Waals surface area contributed by atoms with E-state index in [-0.39, 0.29) is 42.5 Å². The highest BCUT2D eigenvalue weighted by Gasteiger charge is 2.25. The summed E-state index contributed by atoms with van der Waals surface area (Å²) in [5.41, 5.74) is 1.75. The summed E-state index contributed by atoms with van der Waals surface area (Å²) in [4.78, 5) is 18.6. The van der Waals surface area contributed by atoms with E-state index in [1.807, 2.05) is 48.5 Å². The second-order valence-corrected chi connectivity index (χ2v) is 7.17. The minimum atomic E-state index is -0.129. The molecule has 2 aromatic carbocycles. The number of nitrogens with one attached hydrogen (secondary N) is 3. The fourth-order valence-electron chi connectivity index (χ4n) is 3.29. The number of aliphatic imine (C=N–C) groups is 1. The second kappa shape index (κ2) is 11.8. The summed E-state index contributed by atoms with van der Waals surface area (Å²) in [6, 6.07) is 15.2. The summed E-state index contributed by atoms with van der Waals surface area (Å²) in [5, 5.41) is 9.97. The van der Waals surface area contributed by atoms with E-state index in [9.17, 15) is 4.79 Å². The minimum Gasteiger partial charge on any atom is -0.495 e. The molecule has 1 aliphatic heterocycles. The number of carbonyl (C=O) groups is 1. The zero-order valence-corrected chi connectivity index (χ0v) is 20.1. The van der Waals surface area contributed by atoms with Crippen molar-refractivity contribution in [1.82, 2.24) is 10.6 Å². The van der Waals surface area contributed by atoms with E-state index in [1.54, 1.807) is 14.2 Å². The number of guanidine groups is 1. The standard InChI is InChI=1S/C21H26ClN5O2.HI/c1-23-21(24-13-20(28)25-16-6-4-3-5-7-16)26-17-10-11-27(14-17)18-12-15(22)8-9-19(18)29-2;/h3-9,12,17H,10-11,13-14H2,1-2H3,(H,25,28)(H2,23,24,26);1H. The van der Waals surface area contributed by atoms with Crippen LogP contribution in [0, 0.1) is 0 Å². The van der Waals surface area contributed by atoms with Crippen molar-refractivity contribution in [1.29, 1.82) is 0 Å². The molecule has 0 bridgehead atoms. The molecule has 0 spiro atoms. The van der Waals surface area contributed by atoms with Gasteiger partial charge in [0, 0.05) is 36.9 Å². The van der Waals surface area contributed by atoms with Crippen LogP contribution in [-0.4, -0.2) is 51.7 Å². The van der Waals surface area contributed by atoms with Crippen LogP contribution in [0.2, 0.25) is 5.02 Å². The Hall–Kier alpha value is -2.20.